The molecule has 0 N–H and O–H groups in total. The van der Waals surface area contributed by atoms with Gasteiger partial charge in [-0.1, -0.05) is 20.8 Å². The maximum atomic E-state index is 11.4. The monoisotopic (exact) mass is 301 g/mol. The maximum Gasteiger partial charge on any atom is 0.264 e. The van der Waals surface area contributed by atoms with Gasteiger partial charge in [-0.2, -0.15) is 8.42 Å². The van der Waals surface area contributed by atoms with Crippen molar-refractivity contribution in [3.05, 3.63) is 23.4 Å². The predicted octanol–water partition coefficient (Wildman–Crippen LogP) is 2.20. The summed E-state index contributed by atoms with van der Waals surface area (Å²) in [6.45, 7) is 5.93. The van der Waals surface area contributed by atoms with Crippen molar-refractivity contribution in [3.8, 4) is 5.88 Å². The van der Waals surface area contributed by atoms with Crippen molar-refractivity contribution in [3.63, 3.8) is 0 Å². The summed E-state index contributed by atoms with van der Waals surface area (Å²) >= 11 is 0. The van der Waals surface area contributed by atoms with Crippen LogP contribution in [0.3, 0.4) is 0 Å². The number of rotatable bonds is 7. The fourth-order valence-corrected chi connectivity index (χ4v) is 2.68. The minimum Gasteiger partial charge on any atom is -0.481 e. The van der Waals surface area contributed by atoms with Crippen molar-refractivity contribution in [1.82, 2.24) is 4.98 Å². The number of nitrogens with zero attached hydrogens (tertiary/aromatic N) is 1. The average molecular weight is 301 g/mol. The molecule has 1 aromatic rings. The van der Waals surface area contributed by atoms with Gasteiger partial charge in [-0.3, -0.25) is 4.18 Å². The molecule has 0 aliphatic carbocycles. The zero-order valence-electron chi connectivity index (χ0n) is 12.7. The first-order valence-electron chi connectivity index (χ1n) is 6.66. The van der Waals surface area contributed by atoms with Gasteiger partial charge in [0.15, 0.2) is 0 Å². The van der Waals surface area contributed by atoms with Crippen molar-refractivity contribution in [1.29, 1.82) is 0 Å². The Kier molecular flexibility index (Phi) is 5.95. The molecule has 1 unspecified atom stereocenters. The Labute approximate surface area is 121 Å². The van der Waals surface area contributed by atoms with Gasteiger partial charge >= 0.3 is 0 Å². The van der Waals surface area contributed by atoms with Crippen LogP contribution in [0.2, 0.25) is 0 Å². The van der Waals surface area contributed by atoms with Gasteiger partial charge in [0.05, 0.1) is 19.5 Å². The smallest absolute Gasteiger partial charge is 0.264 e. The molecule has 0 amide bonds. The molecule has 1 rings (SSSR count). The van der Waals surface area contributed by atoms with Crippen LogP contribution in [0.5, 0.6) is 5.88 Å². The van der Waals surface area contributed by atoms with Gasteiger partial charge in [0.25, 0.3) is 10.1 Å². The summed E-state index contributed by atoms with van der Waals surface area (Å²) in [6.07, 6.45) is 3.81. The fourth-order valence-electron chi connectivity index (χ4n) is 1.95. The van der Waals surface area contributed by atoms with Gasteiger partial charge in [-0.15, -0.1) is 0 Å². The molecule has 0 aliphatic heterocycles. The highest BCUT2D eigenvalue weighted by molar-refractivity contribution is 7.86. The van der Waals surface area contributed by atoms with E-state index in [0.717, 1.165) is 23.8 Å². The fraction of sp³-hybridized carbons (Fsp3) is 0.643. The molecule has 0 aromatic carbocycles. The van der Waals surface area contributed by atoms with Crippen LogP contribution in [0.1, 0.15) is 31.9 Å². The van der Waals surface area contributed by atoms with E-state index in [1.807, 2.05) is 26.8 Å². The Morgan fingerprint density at radius 1 is 1.30 bits per heavy atom. The van der Waals surface area contributed by atoms with Crippen molar-refractivity contribution in [2.45, 2.75) is 39.7 Å². The second-order valence-electron chi connectivity index (χ2n) is 5.14. The van der Waals surface area contributed by atoms with Crippen LogP contribution in [0, 0.1) is 5.92 Å². The Morgan fingerprint density at radius 3 is 2.40 bits per heavy atom. The third-order valence-corrected chi connectivity index (χ3v) is 3.71. The minimum absolute atomic E-state index is 0.0913. The van der Waals surface area contributed by atoms with E-state index >= 15 is 0 Å². The van der Waals surface area contributed by atoms with Crippen LogP contribution in [0.25, 0.3) is 0 Å². The molecule has 0 saturated heterocycles. The molecular formula is C14H23NO4S. The lowest BCUT2D eigenvalue weighted by Gasteiger charge is -2.21. The molecule has 6 heteroatoms. The topological polar surface area (TPSA) is 65.5 Å². The molecule has 1 aromatic heterocycles. The molecule has 1 heterocycles. The lowest BCUT2D eigenvalue weighted by molar-refractivity contribution is 0.160. The summed E-state index contributed by atoms with van der Waals surface area (Å²) in [5.41, 5.74) is 2.09. The van der Waals surface area contributed by atoms with Crippen LogP contribution in [-0.4, -0.2) is 32.9 Å². The first kappa shape index (κ1) is 16.9. The third-order valence-electron chi connectivity index (χ3n) is 3.11. The molecule has 114 valence electrons. The van der Waals surface area contributed by atoms with Gasteiger partial charge < -0.3 is 4.74 Å². The summed E-state index contributed by atoms with van der Waals surface area (Å²) in [4.78, 5) is 4.17. The van der Waals surface area contributed by atoms with E-state index < -0.39 is 10.1 Å². The molecule has 1 atom stereocenters. The molecule has 20 heavy (non-hydrogen) atoms. The Morgan fingerprint density at radius 2 is 1.95 bits per heavy atom. The first-order chi connectivity index (χ1) is 9.26. The van der Waals surface area contributed by atoms with Crippen molar-refractivity contribution >= 4 is 10.1 Å². The summed E-state index contributed by atoms with van der Waals surface area (Å²) in [6, 6.07) is 1.85. The number of aryl methyl sites for hydroxylation is 1. The van der Waals surface area contributed by atoms with E-state index in [0.29, 0.717) is 12.3 Å². The van der Waals surface area contributed by atoms with Crippen LogP contribution < -0.4 is 4.74 Å². The van der Waals surface area contributed by atoms with Crippen LogP contribution in [-0.2, 0) is 27.1 Å². The predicted molar refractivity (Wildman–Crippen MR) is 78.4 cm³/mol. The van der Waals surface area contributed by atoms with E-state index in [1.54, 1.807) is 13.3 Å². The molecular weight excluding hydrogens is 278 g/mol. The van der Waals surface area contributed by atoms with Crippen molar-refractivity contribution in [2.75, 3.05) is 13.4 Å². The maximum absolute atomic E-state index is 11.4. The van der Waals surface area contributed by atoms with Crippen molar-refractivity contribution in [2.24, 2.45) is 5.92 Å². The normalized spacial score (nSPS) is 13.5. The number of hydrogen-bond acceptors (Lipinski definition) is 5. The average Bonchev–Trinajstić information content (AvgIpc) is 2.36. The van der Waals surface area contributed by atoms with Gasteiger partial charge in [0.2, 0.25) is 5.88 Å². The molecule has 0 spiro atoms. The van der Waals surface area contributed by atoms with Gasteiger partial charge in [-0.05, 0) is 23.5 Å². The molecule has 0 aliphatic rings. The molecule has 0 radical (unpaired) electrons. The SMILES string of the molecule is CCc1cnc(OC)cc1CC(OS(C)(=O)=O)C(C)C. The second-order valence-corrected chi connectivity index (χ2v) is 6.74. The highest BCUT2D eigenvalue weighted by Gasteiger charge is 2.21. The van der Waals surface area contributed by atoms with Crippen LogP contribution in [0.4, 0.5) is 0 Å². The largest absolute Gasteiger partial charge is 0.481 e. The van der Waals surface area contributed by atoms with E-state index in [4.69, 9.17) is 8.92 Å². The number of ether oxygens (including phenoxy) is 1. The van der Waals surface area contributed by atoms with E-state index in [9.17, 15) is 8.42 Å². The summed E-state index contributed by atoms with van der Waals surface area (Å²) < 4.78 is 33.0. The summed E-state index contributed by atoms with van der Waals surface area (Å²) in [5.74, 6) is 0.618. The highest BCUT2D eigenvalue weighted by atomic mass is 32.2. The molecule has 0 saturated carbocycles. The third kappa shape index (κ3) is 5.09. The zero-order chi connectivity index (χ0) is 15.3. The molecule has 0 fully saturated rings. The van der Waals surface area contributed by atoms with Gasteiger partial charge in [0.1, 0.15) is 0 Å². The quantitative estimate of drug-likeness (QED) is 0.722. The number of methoxy groups -OCH3 is 1. The lowest BCUT2D eigenvalue weighted by atomic mass is 9.96. The van der Waals surface area contributed by atoms with Crippen LogP contribution in [0.15, 0.2) is 12.3 Å². The summed E-state index contributed by atoms with van der Waals surface area (Å²) in [5, 5.41) is 0. The minimum atomic E-state index is -3.47. The van der Waals surface area contributed by atoms with Gasteiger partial charge in [0, 0.05) is 18.7 Å². The van der Waals surface area contributed by atoms with Gasteiger partial charge in [-0.25, -0.2) is 4.98 Å². The Bertz CT molecular complexity index is 540. The van der Waals surface area contributed by atoms with Crippen molar-refractivity contribution < 1.29 is 17.3 Å². The van der Waals surface area contributed by atoms with E-state index in [2.05, 4.69) is 4.98 Å². The number of hydrogen-bond donors (Lipinski definition) is 0. The number of pyridine rings is 1. The van der Waals surface area contributed by atoms with E-state index in [1.165, 1.54) is 0 Å². The highest BCUT2D eigenvalue weighted by Crippen LogP contribution is 2.21. The zero-order valence-corrected chi connectivity index (χ0v) is 13.5. The molecule has 5 nitrogen and oxygen atoms in total. The number of aromatic nitrogens is 1. The standard InChI is InChI=1S/C14H23NO4S/c1-6-11-9-15-14(18-4)8-12(11)7-13(10(2)3)19-20(5,16)17/h8-10,13H,6-7H2,1-5H3. The Hall–Kier alpha value is -1.14. The van der Waals surface area contributed by atoms with Crippen LogP contribution >= 0.6 is 0 Å². The first-order valence-corrected chi connectivity index (χ1v) is 8.48. The molecule has 0 bridgehead atoms. The summed E-state index contributed by atoms with van der Waals surface area (Å²) in [7, 11) is -1.91. The second kappa shape index (κ2) is 7.04. The Balaban J connectivity index is 3.03. The van der Waals surface area contributed by atoms with E-state index in [-0.39, 0.29) is 12.0 Å². The lowest BCUT2D eigenvalue weighted by Crippen LogP contribution is -2.26.